The van der Waals surface area contributed by atoms with Crippen molar-refractivity contribution in [1.82, 2.24) is 5.32 Å². The molecule has 0 aliphatic carbocycles. The van der Waals surface area contributed by atoms with E-state index < -0.39 is 0 Å². The Bertz CT molecular complexity index is 603. The van der Waals surface area contributed by atoms with E-state index in [-0.39, 0.29) is 11.9 Å². The molecule has 0 aliphatic heterocycles. The molecule has 2 nitrogen and oxygen atoms in total. The fraction of sp³-hybridized carbons (Fsp3) is 0.294. The van der Waals surface area contributed by atoms with Crippen molar-refractivity contribution >= 4 is 15.9 Å². The Hall–Kier alpha value is -1.39. The molecule has 0 spiro atoms. The number of hydrogen-bond acceptors (Lipinski definition) is 2. The van der Waals surface area contributed by atoms with Crippen LogP contribution < -0.4 is 10.1 Å². The first kappa shape index (κ1) is 16.0. The lowest BCUT2D eigenvalue weighted by Crippen LogP contribution is -2.20. The van der Waals surface area contributed by atoms with E-state index in [1.165, 1.54) is 0 Å². The van der Waals surface area contributed by atoms with Gasteiger partial charge in [0.15, 0.2) is 0 Å². The minimum absolute atomic E-state index is 0.0766. The first-order chi connectivity index (χ1) is 10.1. The van der Waals surface area contributed by atoms with E-state index in [1.54, 1.807) is 12.1 Å². The molecule has 0 aliphatic rings. The minimum Gasteiger partial charge on any atom is -0.494 e. The molecule has 112 valence electrons. The minimum atomic E-state index is -0.215. The molecule has 0 heterocycles. The summed E-state index contributed by atoms with van der Waals surface area (Å²) in [5.41, 5.74) is 1.82. The predicted octanol–water partition coefficient (Wildman–Crippen LogP) is 4.63. The maximum absolute atomic E-state index is 14.1. The fourth-order valence-corrected chi connectivity index (χ4v) is 2.63. The van der Waals surface area contributed by atoms with Gasteiger partial charge in [0.2, 0.25) is 0 Å². The van der Waals surface area contributed by atoms with Gasteiger partial charge in [0.25, 0.3) is 0 Å². The van der Waals surface area contributed by atoms with Gasteiger partial charge in [-0.15, -0.1) is 0 Å². The molecule has 1 unspecified atom stereocenters. The highest BCUT2D eigenvalue weighted by Gasteiger charge is 2.15. The SMILES string of the molecule is CNC(CCOc1cccc(C)c1)c1cccc(Br)c1F. The van der Waals surface area contributed by atoms with Crippen LogP contribution in [0.2, 0.25) is 0 Å². The average Bonchev–Trinajstić information content (AvgIpc) is 2.47. The third kappa shape index (κ3) is 4.29. The molecule has 4 heteroatoms. The molecule has 0 aromatic heterocycles. The Labute approximate surface area is 133 Å². The van der Waals surface area contributed by atoms with E-state index in [9.17, 15) is 4.39 Å². The zero-order chi connectivity index (χ0) is 15.2. The molecule has 1 N–H and O–H groups in total. The van der Waals surface area contributed by atoms with Gasteiger partial charge in [-0.25, -0.2) is 4.39 Å². The van der Waals surface area contributed by atoms with E-state index in [0.29, 0.717) is 23.1 Å². The van der Waals surface area contributed by atoms with Crippen molar-refractivity contribution in [3.05, 3.63) is 63.9 Å². The Morgan fingerprint density at radius 3 is 2.71 bits per heavy atom. The molecule has 0 fully saturated rings. The molecule has 0 radical (unpaired) electrons. The summed E-state index contributed by atoms with van der Waals surface area (Å²) in [7, 11) is 1.83. The van der Waals surface area contributed by atoms with E-state index in [4.69, 9.17) is 4.74 Å². The number of ether oxygens (including phenoxy) is 1. The van der Waals surface area contributed by atoms with Gasteiger partial charge in [-0.05, 0) is 53.7 Å². The molecular weight excluding hydrogens is 333 g/mol. The van der Waals surface area contributed by atoms with Crippen LogP contribution in [0.4, 0.5) is 4.39 Å². The summed E-state index contributed by atoms with van der Waals surface area (Å²) in [6, 6.07) is 13.2. The van der Waals surface area contributed by atoms with E-state index in [2.05, 4.69) is 21.2 Å². The second kappa shape index (κ2) is 7.57. The average molecular weight is 352 g/mol. The molecule has 2 aromatic rings. The Kier molecular flexibility index (Phi) is 5.76. The molecule has 21 heavy (non-hydrogen) atoms. The highest BCUT2D eigenvalue weighted by atomic mass is 79.9. The molecule has 0 saturated heterocycles. The van der Waals surface area contributed by atoms with Gasteiger partial charge in [-0.3, -0.25) is 0 Å². The van der Waals surface area contributed by atoms with E-state index in [0.717, 1.165) is 11.3 Å². The third-order valence-corrected chi connectivity index (χ3v) is 3.98. The highest BCUT2D eigenvalue weighted by Crippen LogP contribution is 2.25. The zero-order valence-electron chi connectivity index (χ0n) is 12.2. The van der Waals surface area contributed by atoms with Crippen LogP contribution in [0.1, 0.15) is 23.6 Å². The van der Waals surface area contributed by atoms with Crippen molar-refractivity contribution in [3.8, 4) is 5.75 Å². The van der Waals surface area contributed by atoms with E-state index >= 15 is 0 Å². The molecular formula is C17H19BrFNO. The first-order valence-electron chi connectivity index (χ1n) is 6.92. The summed E-state index contributed by atoms with van der Waals surface area (Å²) < 4.78 is 20.3. The standard InChI is InChI=1S/C17H19BrFNO/c1-12-5-3-6-13(11-12)21-10-9-16(20-2)14-7-4-8-15(18)17(14)19/h3-8,11,16,20H,9-10H2,1-2H3. The van der Waals surface area contributed by atoms with Crippen LogP contribution in [0.25, 0.3) is 0 Å². The number of benzene rings is 2. The summed E-state index contributed by atoms with van der Waals surface area (Å²) in [4.78, 5) is 0. The van der Waals surface area contributed by atoms with Crippen LogP contribution in [0.15, 0.2) is 46.9 Å². The van der Waals surface area contributed by atoms with Crippen molar-refractivity contribution < 1.29 is 9.13 Å². The van der Waals surface area contributed by atoms with Crippen LogP contribution in [0.3, 0.4) is 0 Å². The topological polar surface area (TPSA) is 21.3 Å². The van der Waals surface area contributed by atoms with Crippen molar-refractivity contribution in [1.29, 1.82) is 0 Å². The summed E-state index contributed by atoms with van der Waals surface area (Å²) in [6.07, 6.45) is 0.692. The van der Waals surface area contributed by atoms with Crippen LogP contribution >= 0.6 is 15.9 Å². The monoisotopic (exact) mass is 351 g/mol. The van der Waals surface area contributed by atoms with Crippen molar-refractivity contribution in [2.45, 2.75) is 19.4 Å². The van der Waals surface area contributed by atoms with Gasteiger partial charge in [-0.1, -0.05) is 24.3 Å². The zero-order valence-corrected chi connectivity index (χ0v) is 13.8. The number of nitrogens with one attached hydrogen (secondary N) is 1. The maximum atomic E-state index is 14.1. The predicted molar refractivity (Wildman–Crippen MR) is 87.2 cm³/mol. The third-order valence-electron chi connectivity index (χ3n) is 3.37. The maximum Gasteiger partial charge on any atom is 0.142 e. The Morgan fingerprint density at radius 1 is 1.24 bits per heavy atom. The van der Waals surface area contributed by atoms with E-state index in [1.807, 2.05) is 44.3 Å². The molecule has 2 rings (SSSR count). The molecule has 0 bridgehead atoms. The number of aryl methyl sites for hydroxylation is 1. The Balaban J connectivity index is 1.98. The summed E-state index contributed by atoms with van der Waals surface area (Å²) >= 11 is 3.22. The molecule has 2 aromatic carbocycles. The molecule has 0 amide bonds. The lowest BCUT2D eigenvalue weighted by Gasteiger charge is -2.18. The van der Waals surface area contributed by atoms with Crippen molar-refractivity contribution in [3.63, 3.8) is 0 Å². The first-order valence-corrected chi connectivity index (χ1v) is 7.71. The van der Waals surface area contributed by atoms with Gasteiger partial charge in [-0.2, -0.15) is 0 Å². The number of halogens is 2. The summed E-state index contributed by atoms with van der Waals surface area (Å²) in [6.45, 7) is 2.56. The van der Waals surface area contributed by atoms with Crippen LogP contribution in [-0.2, 0) is 0 Å². The fourth-order valence-electron chi connectivity index (χ4n) is 2.24. The van der Waals surface area contributed by atoms with Gasteiger partial charge >= 0.3 is 0 Å². The molecule has 0 saturated carbocycles. The van der Waals surface area contributed by atoms with Crippen molar-refractivity contribution in [2.75, 3.05) is 13.7 Å². The normalized spacial score (nSPS) is 12.2. The largest absolute Gasteiger partial charge is 0.494 e. The van der Waals surface area contributed by atoms with Crippen LogP contribution in [-0.4, -0.2) is 13.7 Å². The lowest BCUT2D eigenvalue weighted by atomic mass is 10.0. The smallest absolute Gasteiger partial charge is 0.142 e. The summed E-state index contributed by atoms with van der Waals surface area (Å²) in [5.74, 6) is 0.631. The molecule has 1 atom stereocenters. The number of hydrogen-bond donors (Lipinski definition) is 1. The van der Waals surface area contributed by atoms with Gasteiger partial charge in [0.1, 0.15) is 11.6 Å². The Morgan fingerprint density at radius 2 is 2.00 bits per heavy atom. The van der Waals surface area contributed by atoms with Gasteiger partial charge in [0, 0.05) is 18.0 Å². The van der Waals surface area contributed by atoms with Crippen molar-refractivity contribution in [2.24, 2.45) is 0 Å². The highest BCUT2D eigenvalue weighted by molar-refractivity contribution is 9.10. The van der Waals surface area contributed by atoms with Gasteiger partial charge < -0.3 is 10.1 Å². The second-order valence-electron chi connectivity index (χ2n) is 4.94. The van der Waals surface area contributed by atoms with Gasteiger partial charge in [0.05, 0.1) is 11.1 Å². The number of rotatable bonds is 6. The quantitative estimate of drug-likeness (QED) is 0.819. The summed E-state index contributed by atoms with van der Waals surface area (Å²) in [5, 5.41) is 3.14. The van der Waals surface area contributed by atoms with Crippen LogP contribution in [0, 0.1) is 12.7 Å². The lowest BCUT2D eigenvalue weighted by molar-refractivity contribution is 0.288. The second-order valence-corrected chi connectivity index (χ2v) is 5.79. The van der Waals surface area contributed by atoms with Crippen LogP contribution in [0.5, 0.6) is 5.75 Å².